The van der Waals surface area contributed by atoms with E-state index in [1.807, 2.05) is 6.92 Å². The Morgan fingerprint density at radius 3 is 2.42 bits per heavy atom. The summed E-state index contributed by atoms with van der Waals surface area (Å²) in [6.45, 7) is 12.7. The van der Waals surface area contributed by atoms with Crippen molar-refractivity contribution in [3.8, 4) is 0 Å². The molecule has 0 aliphatic heterocycles. The van der Waals surface area contributed by atoms with E-state index in [-0.39, 0.29) is 11.9 Å². The average Bonchev–Trinajstić information content (AvgIpc) is 2.40. The van der Waals surface area contributed by atoms with E-state index in [0.29, 0.717) is 19.2 Å². The molecular formula is C14H31N3O2. The lowest BCUT2D eigenvalue weighted by Crippen LogP contribution is -2.49. The van der Waals surface area contributed by atoms with Crippen molar-refractivity contribution in [2.24, 2.45) is 0 Å². The molecule has 1 amide bonds. The molecule has 0 aromatic carbocycles. The van der Waals surface area contributed by atoms with Crippen LogP contribution in [0.5, 0.6) is 0 Å². The monoisotopic (exact) mass is 273 g/mol. The second-order valence-corrected chi connectivity index (χ2v) is 4.91. The van der Waals surface area contributed by atoms with E-state index in [1.54, 1.807) is 7.11 Å². The molecule has 2 atom stereocenters. The van der Waals surface area contributed by atoms with Gasteiger partial charge in [-0.15, -0.1) is 0 Å². The fraction of sp³-hybridized carbons (Fsp3) is 0.929. The third-order valence-corrected chi connectivity index (χ3v) is 3.18. The molecule has 0 spiro atoms. The Bertz CT molecular complexity index is 233. The first-order valence-electron chi connectivity index (χ1n) is 7.30. The molecule has 0 aromatic rings. The van der Waals surface area contributed by atoms with E-state index >= 15 is 0 Å². The highest BCUT2D eigenvalue weighted by molar-refractivity contribution is 5.81. The summed E-state index contributed by atoms with van der Waals surface area (Å²) in [6, 6.07) is 0.146. The van der Waals surface area contributed by atoms with Crippen LogP contribution < -0.4 is 10.6 Å². The van der Waals surface area contributed by atoms with Crippen molar-refractivity contribution in [2.75, 3.05) is 39.9 Å². The molecule has 0 aliphatic rings. The van der Waals surface area contributed by atoms with Crippen LogP contribution in [-0.2, 0) is 9.53 Å². The number of ether oxygens (including phenoxy) is 1. The SMILES string of the molecule is CCN(CC)CC(C)NC(C)C(=O)NCCCOC. The van der Waals surface area contributed by atoms with Gasteiger partial charge < -0.3 is 20.3 Å². The van der Waals surface area contributed by atoms with Crippen LogP contribution in [-0.4, -0.2) is 62.8 Å². The highest BCUT2D eigenvalue weighted by Crippen LogP contribution is 1.94. The minimum absolute atomic E-state index is 0.0579. The normalized spacial score (nSPS) is 14.4. The molecule has 0 bridgehead atoms. The largest absolute Gasteiger partial charge is 0.385 e. The van der Waals surface area contributed by atoms with E-state index in [4.69, 9.17) is 4.74 Å². The van der Waals surface area contributed by atoms with E-state index in [9.17, 15) is 4.79 Å². The maximum Gasteiger partial charge on any atom is 0.236 e. The van der Waals surface area contributed by atoms with Gasteiger partial charge in [0.05, 0.1) is 6.04 Å². The van der Waals surface area contributed by atoms with Crippen molar-refractivity contribution >= 4 is 5.91 Å². The standard InChI is InChI=1S/C14H31N3O2/c1-6-17(7-2)11-12(3)16-13(4)14(18)15-9-8-10-19-5/h12-13,16H,6-11H2,1-5H3,(H,15,18). The summed E-state index contributed by atoms with van der Waals surface area (Å²) in [6.07, 6.45) is 0.851. The number of nitrogens with zero attached hydrogens (tertiary/aromatic N) is 1. The molecule has 0 aromatic heterocycles. The van der Waals surface area contributed by atoms with Gasteiger partial charge in [0, 0.05) is 32.8 Å². The minimum Gasteiger partial charge on any atom is -0.385 e. The Balaban J connectivity index is 3.87. The van der Waals surface area contributed by atoms with E-state index < -0.39 is 0 Å². The number of carbonyl (C=O) groups is 1. The zero-order valence-electron chi connectivity index (χ0n) is 13.2. The highest BCUT2D eigenvalue weighted by Gasteiger charge is 2.15. The van der Waals surface area contributed by atoms with Crippen LogP contribution in [0.3, 0.4) is 0 Å². The zero-order chi connectivity index (χ0) is 14.7. The third-order valence-electron chi connectivity index (χ3n) is 3.18. The van der Waals surface area contributed by atoms with Gasteiger partial charge in [-0.05, 0) is 33.4 Å². The summed E-state index contributed by atoms with van der Waals surface area (Å²) in [7, 11) is 1.67. The van der Waals surface area contributed by atoms with Gasteiger partial charge in [-0.1, -0.05) is 13.8 Å². The maximum atomic E-state index is 11.8. The molecule has 5 heteroatoms. The molecule has 2 N–H and O–H groups in total. The van der Waals surface area contributed by atoms with Gasteiger partial charge in [0.1, 0.15) is 0 Å². The second kappa shape index (κ2) is 11.2. The number of rotatable bonds is 11. The van der Waals surface area contributed by atoms with Crippen molar-refractivity contribution in [3.63, 3.8) is 0 Å². The van der Waals surface area contributed by atoms with Gasteiger partial charge in [0.2, 0.25) is 5.91 Å². The molecule has 0 fully saturated rings. The molecule has 114 valence electrons. The molecule has 0 rings (SSSR count). The Kier molecular flexibility index (Phi) is 10.8. The summed E-state index contributed by atoms with van der Waals surface area (Å²) in [5.74, 6) is 0.0579. The summed E-state index contributed by atoms with van der Waals surface area (Å²) in [4.78, 5) is 14.2. The van der Waals surface area contributed by atoms with Crippen molar-refractivity contribution in [1.29, 1.82) is 0 Å². The minimum atomic E-state index is -0.159. The van der Waals surface area contributed by atoms with Gasteiger partial charge >= 0.3 is 0 Å². The highest BCUT2D eigenvalue weighted by atomic mass is 16.5. The number of amides is 1. The summed E-state index contributed by atoms with van der Waals surface area (Å²) in [5.41, 5.74) is 0. The van der Waals surface area contributed by atoms with Crippen molar-refractivity contribution in [1.82, 2.24) is 15.5 Å². The van der Waals surface area contributed by atoms with Gasteiger partial charge in [-0.2, -0.15) is 0 Å². The molecule has 5 nitrogen and oxygen atoms in total. The quantitative estimate of drug-likeness (QED) is 0.548. The van der Waals surface area contributed by atoms with Gasteiger partial charge in [0.25, 0.3) is 0 Å². The van der Waals surface area contributed by atoms with Crippen LogP contribution in [0, 0.1) is 0 Å². The van der Waals surface area contributed by atoms with Crippen molar-refractivity contribution in [3.05, 3.63) is 0 Å². The fourth-order valence-corrected chi connectivity index (χ4v) is 2.01. The van der Waals surface area contributed by atoms with Gasteiger partial charge in [-0.3, -0.25) is 4.79 Å². The van der Waals surface area contributed by atoms with E-state index in [0.717, 1.165) is 26.1 Å². The van der Waals surface area contributed by atoms with Crippen LogP contribution in [0.4, 0.5) is 0 Å². The summed E-state index contributed by atoms with van der Waals surface area (Å²) >= 11 is 0. The predicted octanol–water partition coefficient (Wildman–Crippen LogP) is 0.848. The first-order chi connectivity index (χ1) is 9.04. The molecule has 0 aliphatic carbocycles. The molecule has 0 heterocycles. The van der Waals surface area contributed by atoms with Crippen LogP contribution in [0.25, 0.3) is 0 Å². The number of hydrogen-bond donors (Lipinski definition) is 2. The van der Waals surface area contributed by atoms with Crippen molar-refractivity contribution < 1.29 is 9.53 Å². The van der Waals surface area contributed by atoms with Crippen LogP contribution >= 0.6 is 0 Å². The fourth-order valence-electron chi connectivity index (χ4n) is 2.01. The van der Waals surface area contributed by atoms with Gasteiger partial charge in [0.15, 0.2) is 0 Å². The topological polar surface area (TPSA) is 53.6 Å². The van der Waals surface area contributed by atoms with Crippen LogP contribution in [0.2, 0.25) is 0 Å². The number of hydrogen-bond acceptors (Lipinski definition) is 4. The number of methoxy groups -OCH3 is 1. The summed E-state index contributed by atoms with van der Waals surface area (Å²) < 4.78 is 4.94. The van der Waals surface area contributed by atoms with Crippen LogP contribution in [0.15, 0.2) is 0 Å². The molecule has 2 unspecified atom stereocenters. The third kappa shape index (κ3) is 8.97. The van der Waals surface area contributed by atoms with E-state index in [2.05, 4.69) is 36.3 Å². The molecular weight excluding hydrogens is 242 g/mol. The van der Waals surface area contributed by atoms with Crippen LogP contribution in [0.1, 0.15) is 34.1 Å². The lowest BCUT2D eigenvalue weighted by molar-refractivity contribution is -0.123. The van der Waals surface area contributed by atoms with Crippen molar-refractivity contribution in [2.45, 2.75) is 46.2 Å². The molecule has 0 saturated heterocycles. The molecule has 19 heavy (non-hydrogen) atoms. The molecule has 0 saturated carbocycles. The Labute approximate surface area is 118 Å². The predicted molar refractivity (Wildman–Crippen MR) is 79.4 cm³/mol. The number of carbonyl (C=O) groups excluding carboxylic acids is 1. The lowest BCUT2D eigenvalue weighted by Gasteiger charge is -2.25. The van der Waals surface area contributed by atoms with Gasteiger partial charge in [-0.25, -0.2) is 0 Å². The van der Waals surface area contributed by atoms with E-state index in [1.165, 1.54) is 0 Å². The Hall–Kier alpha value is -0.650. The first kappa shape index (κ1) is 18.4. The average molecular weight is 273 g/mol. The first-order valence-corrected chi connectivity index (χ1v) is 7.30. The number of nitrogens with one attached hydrogen (secondary N) is 2. The summed E-state index contributed by atoms with van der Waals surface area (Å²) in [5, 5.41) is 6.24. The molecule has 0 radical (unpaired) electrons. The lowest BCUT2D eigenvalue weighted by atomic mass is 10.2. The Morgan fingerprint density at radius 1 is 1.26 bits per heavy atom. The maximum absolute atomic E-state index is 11.8. The Morgan fingerprint density at radius 2 is 1.89 bits per heavy atom. The smallest absolute Gasteiger partial charge is 0.236 e. The zero-order valence-corrected chi connectivity index (χ0v) is 13.2. The number of likely N-dealkylation sites (N-methyl/N-ethyl adjacent to an activating group) is 1. The second-order valence-electron chi connectivity index (χ2n) is 4.91.